The molecule has 0 spiro atoms. The van der Waals surface area contributed by atoms with Crippen molar-refractivity contribution >= 4 is 33.4 Å². The van der Waals surface area contributed by atoms with Gasteiger partial charge < -0.3 is 20.0 Å². The third-order valence-corrected chi connectivity index (χ3v) is 4.31. The van der Waals surface area contributed by atoms with Gasteiger partial charge in [0.2, 0.25) is 5.91 Å². The molecular weight excluding hydrogens is 410 g/mol. The van der Waals surface area contributed by atoms with Crippen molar-refractivity contribution < 1.29 is 14.0 Å². The predicted octanol–water partition coefficient (Wildman–Crippen LogP) is 3.54. The lowest BCUT2D eigenvalue weighted by molar-refractivity contribution is -0.120. The molecule has 0 saturated heterocycles. The average molecular weight is 436 g/mol. The first-order valence-corrected chi connectivity index (χ1v) is 9.51. The SMILES string of the molecule is CN(C)CC(C)(C)CNC(=O)Cc1ccc(NC(=O)c2ccc(Br)o2)cc1. The summed E-state index contributed by atoms with van der Waals surface area (Å²) in [4.78, 5) is 26.3. The molecule has 0 radical (unpaired) electrons. The van der Waals surface area contributed by atoms with Crippen LogP contribution in [-0.4, -0.2) is 43.9 Å². The minimum Gasteiger partial charge on any atom is -0.444 e. The molecule has 0 bridgehead atoms. The Kier molecular flexibility index (Phi) is 7.21. The normalized spacial score (nSPS) is 11.5. The molecule has 0 aliphatic heterocycles. The Balaban J connectivity index is 1.84. The minimum absolute atomic E-state index is 0.00808. The third kappa shape index (κ3) is 7.19. The summed E-state index contributed by atoms with van der Waals surface area (Å²) in [6.45, 7) is 5.77. The Morgan fingerprint density at radius 1 is 1.11 bits per heavy atom. The van der Waals surface area contributed by atoms with E-state index >= 15 is 0 Å². The summed E-state index contributed by atoms with van der Waals surface area (Å²) in [6, 6.07) is 10.5. The fourth-order valence-corrected chi connectivity index (χ4v) is 3.14. The van der Waals surface area contributed by atoms with Crippen LogP contribution in [0.2, 0.25) is 0 Å². The van der Waals surface area contributed by atoms with Crippen molar-refractivity contribution in [2.24, 2.45) is 5.41 Å². The van der Waals surface area contributed by atoms with E-state index < -0.39 is 0 Å². The molecule has 0 aliphatic rings. The molecule has 27 heavy (non-hydrogen) atoms. The largest absolute Gasteiger partial charge is 0.444 e. The van der Waals surface area contributed by atoms with E-state index in [0.29, 0.717) is 23.3 Å². The van der Waals surface area contributed by atoms with Crippen LogP contribution in [0, 0.1) is 5.41 Å². The molecular formula is C20H26BrN3O3. The van der Waals surface area contributed by atoms with Gasteiger partial charge in [-0.2, -0.15) is 0 Å². The Bertz CT molecular complexity index is 782. The zero-order valence-corrected chi connectivity index (χ0v) is 17.7. The summed E-state index contributed by atoms with van der Waals surface area (Å²) >= 11 is 3.17. The van der Waals surface area contributed by atoms with Crippen molar-refractivity contribution in [3.63, 3.8) is 0 Å². The van der Waals surface area contributed by atoms with Gasteiger partial charge in [0.15, 0.2) is 10.4 Å². The second-order valence-electron chi connectivity index (χ2n) is 7.61. The molecule has 7 heteroatoms. The van der Waals surface area contributed by atoms with Gasteiger partial charge in [-0.25, -0.2) is 0 Å². The van der Waals surface area contributed by atoms with E-state index in [1.165, 1.54) is 0 Å². The number of furan rings is 1. The smallest absolute Gasteiger partial charge is 0.291 e. The zero-order chi connectivity index (χ0) is 20.0. The van der Waals surface area contributed by atoms with Crippen molar-refractivity contribution in [1.82, 2.24) is 10.2 Å². The molecule has 2 amide bonds. The molecule has 0 saturated carbocycles. The molecule has 0 fully saturated rings. The molecule has 1 heterocycles. The molecule has 1 aromatic carbocycles. The van der Waals surface area contributed by atoms with Gasteiger partial charge in [0.1, 0.15) is 0 Å². The van der Waals surface area contributed by atoms with Gasteiger partial charge in [-0.05, 0) is 65.3 Å². The number of amides is 2. The highest BCUT2D eigenvalue weighted by Gasteiger charge is 2.19. The number of carbonyl (C=O) groups excluding carboxylic acids is 2. The van der Waals surface area contributed by atoms with E-state index in [1.807, 2.05) is 26.2 Å². The number of halogens is 1. The van der Waals surface area contributed by atoms with Crippen LogP contribution in [0.25, 0.3) is 0 Å². The number of carbonyl (C=O) groups is 2. The Hall–Kier alpha value is -2.12. The maximum absolute atomic E-state index is 12.2. The number of hydrogen-bond donors (Lipinski definition) is 2. The monoisotopic (exact) mass is 435 g/mol. The van der Waals surface area contributed by atoms with Gasteiger partial charge in [-0.3, -0.25) is 9.59 Å². The lowest BCUT2D eigenvalue weighted by Crippen LogP contribution is -2.40. The summed E-state index contributed by atoms with van der Waals surface area (Å²) in [5, 5.41) is 5.75. The lowest BCUT2D eigenvalue weighted by Gasteiger charge is -2.28. The van der Waals surface area contributed by atoms with E-state index in [-0.39, 0.29) is 23.0 Å². The number of anilines is 1. The zero-order valence-electron chi connectivity index (χ0n) is 16.1. The van der Waals surface area contributed by atoms with Crippen molar-refractivity contribution in [1.29, 1.82) is 0 Å². The highest BCUT2D eigenvalue weighted by molar-refractivity contribution is 9.10. The summed E-state index contributed by atoms with van der Waals surface area (Å²) in [5.74, 6) is -0.112. The van der Waals surface area contributed by atoms with Gasteiger partial charge in [0, 0.05) is 18.8 Å². The Labute approximate surface area is 168 Å². The molecule has 1 aromatic heterocycles. The number of nitrogens with zero attached hydrogens (tertiary/aromatic N) is 1. The van der Waals surface area contributed by atoms with Crippen molar-refractivity contribution in [2.45, 2.75) is 20.3 Å². The molecule has 2 rings (SSSR count). The first kappa shape index (κ1) is 21.2. The maximum Gasteiger partial charge on any atom is 0.291 e. The molecule has 6 nitrogen and oxygen atoms in total. The summed E-state index contributed by atoms with van der Waals surface area (Å²) in [6.07, 6.45) is 0.303. The quantitative estimate of drug-likeness (QED) is 0.664. The standard InChI is InChI=1S/C20H26BrN3O3/c1-20(2,13-24(3)4)12-22-18(25)11-14-5-7-15(8-6-14)23-19(26)16-9-10-17(21)27-16/h5-10H,11-13H2,1-4H3,(H,22,25)(H,23,26). The van der Waals surface area contributed by atoms with E-state index in [2.05, 4.69) is 45.3 Å². The first-order valence-electron chi connectivity index (χ1n) is 8.72. The first-order chi connectivity index (χ1) is 12.6. The molecule has 0 aliphatic carbocycles. The van der Waals surface area contributed by atoms with Crippen molar-refractivity contribution in [3.05, 3.63) is 52.4 Å². The summed E-state index contributed by atoms with van der Waals surface area (Å²) in [7, 11) is 4.04. The van der Waals surface area contributed by atoms with Crippen LogP contribution in [-0.2, 0) is 11.2 Å². The minimum atomic E-state index is -0.325. The van der Waals surface area contributed by atoms with Gasteiger partial charge in [0.25, 0.3) is 5.91 Å². The number of hydrogen-bond acceptors (Lipinski definition) is 4. The van der Waals surface area contributed by atoms with E-state index in [0.717, 1.165) is 12.1 Å². The van der Waals surface area contributed by atoms with E-state index in [1.54, 1.807) is 24.3 Å². The number of benzene rings is 1. The van der Waals surface area contributed by atoms with E-state index in [9.17, 15) is 9.59 Å². The van der Waals surface area contributed by atoms with Crippen LogP contribution < -0.4 is 10.6 Å². The predicted molar refractivity (Wildman–Crippen MR) is 110 cm³/mol. The van der Waals surface area contributed by atoms with Crippen LogP contribution in [0.3, 0.4) is 0 Å². The van der Waals surface area contributed by atoms with Crippen molar-refractivity contribution in [3.8, 4) is 0 Å². The number of nitrogens with one attached hydrogen (secondary N) is 2. The summed E-state index contributed by atoms with van der Waals surface area (Å²) in [5.41, 5.74) is 1.54. The maximum atomic E-state index is 12.2. The highest BCUT2D eigenvalue weighted by atomic mass is 79.9. The van der Waals surface area contributed by atoms with E-state index in [4.69, 9.17) is 4.42 Å². The fourth-order valence-electron chi connectivity index (χ4n) is 2.83. The Morgan fingerprint density at radius 2 is 1.78 bits per heavy atom. The lowest BCUT2D eigenvalue weighted by atomic mass is 9.93. The van der Waals surface area contributed by atoms with Crippen LogP contribution in [0.1, 0.15) is 30.0 Å². The number of rotatable bonds is 8. The second-order valence-corrected chi connectivity index (χ2v) is 8.39. The van der Waals surface area contributed by atoms with Gasteiger partial charge in [-0.15, -0.1) is 0 Å². The van der Waals surface area contributed by atoms with Crippen LogP contribution in [0.5, 0.6) is 0 Å². The second kappa shape index (κ2) is 9.19. The highest BCUT2D eigenvalue weighted by Crippen LogP contribution is 2.17. The topological polar surface area (TPSA) is 74.6 Å². The fraction of sp³-hybridized carbons (Fsp3) is 0.400. The molecule has 0 unspecified atom stereocenters. The summed E-state index contributed by atoms with van der Waals surface area (Å²) < 4.78 is 5.72. The van der Waals surface area contributed by atoms with Crippen LogP contribution >= 0.6 is 15.9 Å². The van der Waals surface area contributed by atoms with Crippen LogP contribution in [0.4, 0.5) is 5.69 Å². The van der Waals surface area contributed by atoms with Crippen molar-refractivity contribution in [2.75, 3.05) is 32.5 Å². The van der Waals surface area contributed by atoms with Gasteiger partial charge in [-0.1, -0.05) is 26.0 Å². The molecule has 0 atom stereocenters. The molecule has 2 aromatic rings. The average Bonchev–Trinajstić information content (AvgIpc) is 3.00. The Morgan fingerprint density at radius 3 is 2.33 bits per heavy atom. The van der Waals surface area contributed by atoms with Gasteiger partial charge in [0.05, 0.1) is 6.42 Å². The van der Waals surface area contributed by atoms with Gasteiger partial charge >= 0.3 is 0 Å². The third-order valence-electron chi connectivity index (χ3n) is 3.88. The molecule has 2 N–H and O–H groups in total. The molecule has 146 valence electrons. The van der Waals surface area contributed by atoms with Crippen LogP contribution in [0.15, 0.2) is 45.5 Å².